The predicted molar refractivity (Wildman–Crippen MR) is 71.2 cm³/mol. The van der Waals surface area contributed by atoms with Gasteiger partial charge in [0.15, 0.2) is 0 Å². The van der Waals surface area contributed by atoms with Crippen molar-refractivity contribution in [2.45, 2.75) is 19.0 Å². The van der Waals surface area contributed by atoms with Crippen molar-refractivity contribution >= 4 is 11.6 Å². The number of hydrogen-bond donors (Lipinski definition) is 0. The van der Waals surface area contributed by atoms with Gasteiger partial charge in [0, 0.05) is 31.2 Å². The fourth-order valence-corrected chi connectivity index (χ4v) is 3.50. The standard InChI is InChI=1S/C14H17ClF2N2/c1-18-5-4-9-6-19(8-13(9)18)7-10-12(16)3-2-11(15)14(10)17/h2-3,9,13H,4-8H2,1H3/t9-,13+/m0/s1. The number of rotatable bonds is 2. The molecule has 0 unspecified atom stereocenters. The lowest BCUT2D eigenvalue weighted by molar-refractivity contribution is 0.251. The van der Waals surface area contributed by atoms with Gasteiger partial charge in [0.25, 0.3) is 0 Å². The van der Waals surface area contributed by atoms with Crippen LogP contribution in [-0.4, -0.2) is 42.5 Å². The van der Waals surface area contributed by atoms with Crippen LogP contribution in [0.4, 0.5) is 8.78 Å². The average Bonchev–Trinajstić information content (AvgIpc) is 2.92. The molecule has 0 bridgehead atoms. The molecule has 0 aliphatic carbocycles. The molecule has 0 radical (unpaired) electrons. The van der Waals surface area contributed by atoms with Gasteiger partial charge in [0.2, 0.25) is 0 Å². The van der Waals surface area contributed by atoms with Crippen LogP contribution in [0.5, 0.6) is 0 Å². The maximum absolute atomic E-state index is 13.9. The maximum Gasteiger partial charge on any atom is 0.149 e. The summed E-state index contributed by atoms with van der Waals surface area (Å²) in [5.74, 6) is -0.491. The van der Waals surface area contributed by atoms with E-state index in [-0.39, 0.29) is 10.6 Å². The minimum absolute atomic E-state index is 0.00657. The van der Waals surface area contributed by atoms with E-state index >= 15 is 0 Å². The normalized spacial score (nSPS) is 28.0. The third-order valence-electron chi connectivity index (χ3n) is 4.42. The van der Waals surface area contributed by atoms with Crippen LogP contribution in [0.25, 0.3) is 0 Å². The molecule has 2 fully saturated rings. The molecule has 5 heteroatoms. The Morgan fingerprint density at radius 3 is 2.84 bits per heavy atom. The Balaban J connectivity index is 1.75. The van der Waals surface area contributed by atoms with Gasteiger partial charge in [-0.15, -0.1) is 0 Å². The van der Waals surface area contributed by atoms with Crippen LogP contribution in [0.15, 0.2) is 12.1 Å². The predicted octanol–water partition coefficient (Wildman–Crippen LogP) is 2.75. The van der Waals surface area contributed by atoms with Crippen molar-refractivity contribution < 1.29 is 8.78 Å². The lowest BCUT2D eigenvalue weighted by Gasteiger charge is -2.21. The highest BCUT2D eigenvalue weighted by Gasteiger charge is 2.39. The Morgan fingerprint density at radius 2 is 2.11 bits per heavy atom. The van der Waals surface area contributed by atoms with Crippen LogP contribution in [0.3, 0.4) is 0 Å². The van der Waals surface area contributed by atoms with E-state index in [9.17, 15) is 8.78 Å². The van der Waals surface area contributed by atoms with E-state index in [1.165, 1.54) is 18.6 Å². The maximum atomic E-state index is 13.9. The van der Waals surface area contributed by atoms with E-state index in [4.69, 9.17) is 11.6 Å². The van der Waals surface area contributed by atoms with Crippen molar-refractivity contribution in [3.05, 3.63) is 34.4 Å². The zero-order chi connectivity index (χ0) is 13.6. The van der Waals surface area contributed by atoms with E-state index in [2.05, 4.69) is 16.8 Å². The molecule has 2 heterocycles. The van der Waals surface area contributed by atoms with Crippen molar-refractivity contribution in [2.24, 2.45) is 5.92 Å². The van der Waals surface area contributed by atoms with Gasteiger partial charge in [-0.25, -0.2) is 8.78 Å². The summed E-state index contributed by atoms with van der Waals surface area (Å²) in [6, 6.07) is 3.04. The van der Waals surface area contributed by atoms with Crippen molar-refractivity contribution in [3.63, 3.8) is 0 Å². The number of benzene rings is 1. The molecule has 2 saturated heterocycles. The van der Waals surface area contributed by atoms with Gasteiger partial charge < -0.3 is 4.90 Å². The Bertz CT molecular complexity index is 495. The number of hydrogen-bond acceptors (Lipinski definition) is 2. The largest absolute Gasteiger partial charge is 0.302 e. The summed E-state index contributed by atoms with van der Waals surface area (Å²) in [6.45, 7) is 3.23. The molecule has 1 aromatic rings. The monoisotopic (exact) mass is 286 g/mol. The van der Waals surface area contributed by atoms with Gasteiger partial charge >= 0.3 is 0 Å². The van der Waals surface area contributed by atoms with Crippen LogP contribution >= 0.6 is 11.6 Å². The second-order valence-corrected chi connectivity index (χ2v) is 6.02. The second-order valence-electron chi connectivity index (χ2n) is 5.61. The van der Waals surface area contributed by atoms with Gasteiger partial charge in [0.05, 0.1) is 5.02 Å². The third-order valence-corrected chi connectivity index (χ3v) is 4.71. The molecular formula is C14H17ClF2N2. The molecule has 2 nitrogen and oxygen atoms in total. The molecule has 19 heavy (non-hydrogen) atoms. The van der Waals surface area contributed by atoms with E-state index in [0.29, 0.717) is 18.5 Å². The van der Waals surface area contributed by atoms with Gasteiger partial charge in [-0.2, -0.15) is 0 Å². The van der Waals surface area contributed by atoms with E-state index < -0.39 is 11.6 Å². The van der Waals surface area contributed by atoms with Crippen molar-refractivity contribution in [2.75, 3.05) is 26.7 Å². The lowest BCUT2D eigenvalue weighted by atomic mass is 10.1. The van der Waals surface area contributed by atoms with Gasteiger partial charge in [-0.3, -0.25) is 4.90 Å². The molecular weight excluding hydrogens is 270 g/mol. The third kappa shape index (κ3) is 2.37. The van der Waals surface area contributed by atoms with Crippen molar-refractivity contribution in [1.29, 1.82) is 0 Å². The summed E-state index contributed by atoms with van der Waals surface area (Å²) in [7, 11) is 2.12. The quantitative estimate of drug-likeness (QED) is 0.772. The topological polar surface area (TPSA) is 6.48 Å². The number of fused-ring (bicyclic) bond motifs is 1. The molecule has 0 aromatic heterocycles. The summed E-state index contributed by atoms with van der Waals surface area (Å²) in [5, 5.41) is -0.00657. The number of halogens is 3. The highest BCUT2D eigenvalue weighted by Crippen LogP contribution is 2.32. The molecule has 0 amide bonds. The zero-order valence-electron chi connectivity index (χ0n) is 10.9. The zero-order valence-corrected chi connectivity index (χ0v) is 11.6. The first-order chi connectivity index (χ1) is 9.06. The molecule has 0 saturated carbocycles. The van der Waals surface area contributed by atoms with Crippen LogP contribution in [0.1, 0.15) is 12.0 Å². The summed E-state index contributed by atoms with van der Waals surface area (Å²) >= 11 is 5.72. The Kier molecular flexibility index (Phi) is 3.50. The Morgan fingerprint density at radius 1 is 1.32 bits per heavy atom. The molecule has 1 aromatic carbocycles. The molecule has 2 atom stereocenters. The van der Waals surface area contributed by atoms with Gasteiger partial charge in [-0.05, 0) is 38.1 Å². The number of likely N-dealkylation sites (N-methyl/N-ethyl adjacent to an activating group) is 1. The second kappa shape index (κ2) is 5.00. The molecule has 104 valence electrons. The molecule has 3 rings (SSSR count). The fourth-order valence-electron chi connectivity index (χ4n) is 3.33. The van der Waals surface area contributed by atoms with Crippen molar-refractivity contribution in [1.82, 2.24) is 9.80 Å². The van der Waals surface area contributed by atoms with E-state index in [0.717, 1.165) is 19.6 Å². The Labute approximate surface area is 116 Å². The Hall–Kier alpha value is -0.710. The smallest absolute Gasteiger partial charge is 0.149 e. The minimum atomic E-state index is -0.618. The number of likely N-dealkylation sites (tertiary alicyclic amines) is 2. The molecule has 0 N–H and O–H groups in total. The lowest BCUT2D eigenvalue weighted by Crippen LogP contribution is -2.32. The summed E-state index contributed by atoms with van der Waals surface area (Å²) in [5.41, 5.74) is 0.0927. The van der Waals surface area contributed by atoms with E-state index in [1.54, 1.807) is 0 Å². The first-order valence-corrected chi connectivity index (χ1v) is 6.99. The van der Waals surface area contributed by atoms with Gasteiger partial charge in [-0.1, -0.05) is 11.6 Å². The SMILES string of the molecule is CN1CC[C@H]2CN(Cc3c(F)ccc(Cl)c3F)C[C@H]21. The first-order valence-electron chi connectivity index (χ1n) is 6.61. The fraction of sp³-hybridized carbons (Fsp3) is 0.571. The summed E-state index contributed by atoms with van der Waals surface area (Å²) < 4.78 is 27.6. The van der Waals surface area contributed by atoms with Crippen LogP contribution in [-0.2, 0) is 6.54 Å². The van der Waals surface area contributed by atoms with Crippen LogP contribution in [0.2, 0.25) is 5.02 Å². The minimum Gasteiger partial charge on any atom is -0.302 e. The molecule has 2 aliphatic rings. The van der Waals surface area contributed by atoms with Gasteiger partial charge in [0.1, 0.15) is 11.6 Å². The summed E-state index contributed by atoms with van der Waals surface area (Å²) in [6.07, 6.45) is 1.18. The number of nitrogens with zero attached hydrogens (tertiary/aromatic N) is 2. The van der Waals surface area contributed by atoms with E-state index in [1.807, 2.05) is 0 Å². The average molecular weight is 287 g/mol. The van der Waals surface area contributed by atoms with Crippen molar-refractivity contribution in [3.8, 4) is 0 Å². The highest BCUT2D eigenvalue weighted by molar-refractivity contribution is 6.30. The molecule has 0 spiro atoms. The van der Waals surface area contributed by atoms with Crippen LogP contribution in [0, 0.1) is 17.6 Å². The first kappa shape index (κ1) is 13.3. The highest BCUT2D eigenvalue weighted by atomic mass is 35.5. The van der Waals surface area contributed by atoms with Crippen LogP contribution < -0.4 is 0 Å². The summed E-state index contributed by atoms with van der Waals surface area (Å²) in [4.78, 5) is 4.47. The molecule has 2 aliphatic heterocycles.